The molecular weight excluding hydrogens is 414 g/mol. The molecule has 0 radical (unpaired) electrons. The number of methoxy groups -OCH3 is 1. The third-order valence-electron chi connectivity index (χ3n) is 3.87. The van der Waals surface area contributed by atoms with E-state index >= 15 is 0 Å². The van der Waals surface area contributed by atoms with Gasteiger partial charge in [-0.15, -0.1) is 22.7 Å². The van der Waals surface area contributed by atoms with Crippen LogP contribution in [0.5, 0.6) is 5.75 Å². The van der Waals surface area contributed by atoms with E-state index < -0.39 is 11.9 Å². The first-order valence-corrected chi connectivity index (χ1v) is 10.4. The third kappa shape index (κ3) is 4.57. The fourth-order valence-electron chi connectivity index (χ4n) is 2.72. The Morgan fingerprint density at radius 2 is 1.97 bits per heavy atom. The zero-order valence-corrected chi connectivity index (χ0v) is 17.7. The van der Waals surface area contributed by atoms with E-state index in [0.717, 1.165) is 20.5 Å². The highest BCUT2D eigenvalue weighted by molar-refractivity contribution is 7.29. The number of ether oxygens (including phenoxy) is 3. The predicted octanol–water partition coefficient (Wildman–Crippen LogP) is 4.32. The first kappa shape index (κ1) is 20.8. The van der Waals surface area contributed by atoms with E-state index in [1.807, 2.05) is 23.6 Å². The molecule has 0 bridgehead atoms. The molecule has 0 aliphatic rings. The summed E-state index contributed by atoms with van der Waals surface area (Å²) < 4.78 is 17.0. The number of amides is 1. The minimum atomic E-state index is -0.532. The minimum Gasteiger partial charge on any atom is -0.479 e. The number of nitrogens with one attached hydrogen (secondary N) is 1. The minimum absolute atomic E-state index is 0.156. The monoisotopic (exact) mass is 433 g/mol. The van der Waals surface area contributed by atoms with Gasteiger partial charge in [0.15, 0.2) is 17.2 Å². The first-order chi connectivity index (χ1) is 13.9. The fraction of sp³-hybridized carbons (Fsp3) is 0.250. The Morgan fingerprint density at radius 3 is 2.66 bits per heavy atom. The second kappa shape index (κ2) is 9.06. The Hall–Kier alpha value is -2.91. The molecule has 2 heterocycles. The molecule has 0 aliphatic heterocycles. The second-order valence-electron chi connectivity index (χ2n) is 5.92. The zero-order valence-electron chi connectivity index (χ0n) is 16.1. The van der Waals surface area contributed by atoms with Crippen molar-refractivity contribution in [3.63, 3.8) is 0 Å². The van der Waals surface area contributed by atoms with Gasteiger partial charge in [0.2, 0.25) is 5.91 Å². The molecule has 1 amide bonds. The highest BCUT2D eigenvalue weighted by atomic mass is 32.1. The molecule has 152 valence electrons. The molecule has 29 heavy (non-hydrogen) atoms. The summed E-state index contributed by atoms with van der Waals surface area (Å²) in [5.41, 5.74) is 2.47. The lowest BCUT2D eigenvalue weighted by atomic mass is 10.1. The molecule has 0 atom stereocenters. The summed E-state index contributed by atoms with van der Waals surface area (Å²) in [5, 5.41) is 4.71. The van der Waals surface area contributed by atoms with E-state index in [2.05, 4.69) is 5.32 Å². The molecule has 7 nitrogen and oxygen atoms in total. The van der Waals surface area contributed by atoms with E-state index in [-0.39, 0.29) is 24.0 Å². The van der Waals surface area contributed by atoms with Gasteiger partial charge in [-0.1, -0.05) is 12.1 Å². The Labute approximate surface area is 175 Å². The van der Waals surface area contributed by atoms with Crippen LogP contribution in [-0.4, -0.2) is 38.2 Å². The van der Waals surface area contributed by atoms with Crippen molar-refractivity contribution in [3.8, 4) is 16.9 Å². The van der Waals surface area contributed by atoms with Gasteiger partial charge in [0, 0.05) is 23.6 Å². The standard InChI is InChI=1S/C20H19NO6S2/c1-4-26-15(23)9-27-16-18-17(29-19(16)20(24)25-3)14(10-28-18)12-6-5-7-13(8-12)21-11(2)22/h5-8,10H,4,9H2,1-3H3,(H,21,22). The summed E-state index contributed by atoms with van der Waals surface area (Å²) in [6.07, 6.45) is 0. The molecule has 0 aliphatic carbocycles. The molecule has 0 fully saturated rings. The molecule has 0 saturated carbocycles. The summed E-state index contributed by atoms with van der Waals surface area (Å²) in [4.78, 5) is 35.6. The summed E-state index contributed by atoms with van der Waals surface area (Å²) in [5.74, 6) is -0.881. The van der Waals surface area contributed by atoms with Crippen LogP contribution in [0.3, 0.4) is 0 Å². The Balaban J connectivity index is 2.02. The topological polar surface area (TPSA) is 90.9 Å². The zero-order chi connectivity index (χ0) is 21.0. The van der Waals surface area contributed by atoms with Gasteiger partial charge in [0.1, 0.15) is 0 Å². The molecule has 1 aromatic carbocycles. The van der Waals surface area contributed by atoms with E-state index in [4.69, 9.17) is 14.2 Å². The number of thiophene rings is 2. The van der Waals surface area contributed by atoms with Crippen molar-refractivity contribution in [2.24, 2.45) is 0 Å². The maximum absolute atomic E-state index is 12.2. The second-order valence-corrected chi connectivity index (χ2v) is 7.82. The maximum atomic E-state index is 12.2. The van der Waals surface area contributed by atoms with Crippen molar-refractivity contribution in [2.45, 2.75) is 13.8 Å². The SMILES string of the molecule is CCOC(=O)COc1c(C(=O)OC)sc2c(-c3cccc(NC(C)=O)c3)csc12. The average Bonchev–Trinajstić information content (AvgIpc) is 3.25. The van der Waals surface area contributed by atoms with E-state index in [1.54, 1.807) is 13.0 Å². The molecular formula is C20H19NO6S2. The van der Waals surface area contributed by atoms with Crippen LogP contribution in [0.2, 0.25) is 0 Å². The first-order valence-electron chi connectivity index (χ1n) is 8.73. The summed E-state index contributed by atoms with van der Waals surface area (Å²) in [7, 11) is 1.29. The van der Waals surface area contributed by atoms with Crippen LogP contribution in [0, 0.1) is 0 Å². The van der Waals surface area contributed by atoms with Gasteiger partial charge in [-0.2, -0.15) is 0 Å². The smallest absolute Gasteiger partial charge is 0.351 e. The van der Waals surface area contributed by atoms with Crippen LogP contribution in [0.4, 0.5) is 5.69 Å². The van der Waals surface area contributed by atoms with Crippen LogP contribution < -0.4 is 10.1 Å². The van der Waals surface area contributed by atoms with Gasteiger partial charge in [-0.25, -0.2) is 9.59 Å². The van der Waals surface area contributed by atoms with Crippen molar-refractivity contribution in [1.29, 1.82) is 0 Å². The van der Waals surface area contributed by atoms with Crippen LogP contribution in [0.15, 0.2) is 29.6 Å². The average molecular weight is 434 g/mol. The summed E-state index contributed by atoms with van der Waals surface area (Å²) in [6, 6.07) is 7.43. The lowest BCUT2D eigenvalue weighted by molar-refractivity contribution is -0.145. The highest BCUT2D eigenvalue weighted by Gasteiger charge is 2.25. The van der Waals surface area contributed by atoms with Crippen molar-refractivity contribution >= 4 is 55.6 Å². The van der Waals surface area contributed by atoms with Crippen LogP contribution in [-0.2, 0) is 19.1 Å². The molecule has 1 N–H and O–H groups in total. The van der Waals surface area contributed by atoms with Crippen molar-refractivity contribution in [1.82, 2.24) is 0 Å². The van der Waals surface area contributed by atoms with Gasteiger partial charge in [-0.05, 0) is 24.6 Å². The third-order valence-corrected chi connectivity index (χ3v) is 6.16. The number of fused-ring (bicyclic) bond motifs is 1. The molecule has 0 spiro atoms. The predicted molar refractivity (Wildman–Crippen MR) is 113 cm³/mol. The number of anilines is 1. The molecule has 3 aromatic rings. The van der Waals surface area contributed by atoms with Crippen molar-refractivity contribution in [2.75, 3.05) is 25.6 Å². The number of rotatable bonds is 7. The fourth-order valence-corrected chi connectivity index (χ4v) is 5.20. The number of carbonyl (C=O) groups excluding carboxylic acids is 3. The van der Waals surface area contributed by atoms with Crippen molar-refractivity contribution < 1.29 is 28.6 Å². The number of hydrogen-bond donors (Lipinski definition) is 1. The van der Waals surface area contributed by atoms with Gasteiger partial charge >= 0.3 is 11.9 Å². The molecule has 3 rings (SSSR count). The maximum Gasteiger partial charge on any atom is 0.351 e. The lowest BCUT2D eigenvalue weighted by Gasteiger charge is -2.06. The van der Waals surface area contributed by atoms with Crippen LogP contribution >= 0.6 is 22.7 Å². The Kier molecular flexibility index (Phi) is 6.50. The van der Waals surface area contributed by atoms with Crippen LogP contribution in [0.25, 0.3) is 20.5 Å². The number of esters is 2. The van der Waals surface area contributed by atoms with E-state index in [1.165, 1.54) is 36.7 Å². The Bertz CT molecular complexity index is 1070. The Morgan fingerprint density at radius 1 is 1.17 bits per heavy atom. The van der Waals surface area contributed by atoms with E-state index in [9.17, 15) is 14.4 Å². The highest BCUT2D eigenvalue weighted by Crippen LogP contribution is 2.47. The van der Waals surface area contributed by atoms with Gasteiger partial charge in [0.05, 0.1) is 23.1 Å². The molecule has 0 unspecified atom stereocenters. The van der Waals surface area contributed by atoms with Gasteiger partial charge < -0.3 is 19.5 Å². The normalized spacial score (nSPS) is 10.6. The number of benzene rings is 1. The van der Waals surface area contributed by atoms with Gasteiger partial charge in [0.25, 0.3) is 0 Å². The lowest BCUT2D eigenvalue weighted by Crippen LogP contribution is -2.15. The number of carbonyl (C=O) groups is 3. The summed E-state index contributed by atoms with van der Waals surface area (Å²) in [6.45, 7) is 3.11. The van der Waals surface area contributed by atoms with Crippen LogP contribution in [0.1, 0.15) is 23.5 Å². The van der Waals surface area contributed by atoms with Crippen molar-refractivity contribution in [3.05, 3.63) is 34.5 Å². The summed E-state index contributed by atoms with van der Waals surface area (Å²) >= 11 is 2.65. The molecule has 0 saturated heterocycles. The van der Waals surface area contributed by atoms with E-state index in [0.29, 0.717) is 11.4 Å². The molecule has 2 aromatic heterocycles. The quantitative estimate of drug-likeness (QED) is 0.558. The molecule has 9 heteroatoms. The van der Waals surface area contributed by atoms with Gasteiger partial charge in [-0.3, -0.25) is 4.79 Å². The number of hydrogen-bond acceptors (Lipinski definition) is 8. The largest absolute Gasteiger partial charge is 0.479 e.